The van der Waals surface area contributed by atoms with Crippen molar-refractivity contribution in [2.45, 2.75) is 39.7 Å². The Bertz CT molecular complexity index is 352. The van der Waals surface area contributed by atoms with E-state index in [1.165, 1.54) is 0 Å². The largest absolute Gasteiger partial charge is 0.310 e. The van der Waals surface area contributed by atoms with E-state index in [2.05, 4.69) is 26.1 Å². The summed E-state index contributed by atoms with van der Waals surface area (Å²) >= 11 is 0. The molecule has 0 amide bonds. The molecule has 0 saturated carbocycles. The maximum absolute atomic E-state index is 13.8. The minimum atomic E-state index is -0.769. The maximum atomic E-state index is 13.8. The van der Waals surface area contributed by atoms with Crippen molar-refractivity contribution in [2.24, 2.45) is 5.92 Å². The molecule has 0 aromatic heterocycles. The number of halogens is 2. The summed E-state index contributed by atoms with van der Waals surface area (Å²) in [6, 6.07) is 4.27. The fourth-order valence-electron chi connectivity index (χ4n) is 1.91. The predicted octanol–water partition coefficient (Wildman–Crippen LogP) is 4.05. The summed E-state index contributed by atoms with van der Waals surface area (Å²) in [6.07, 6.45) is 1.90. The second kappa shape index (κ2) is 6.70. The van der Waals surface area contributed by atoms with Crippen molar-refractivity contribution in [1.29, 1.82) is 0 Å². The molecule has 0 aliphatic carbocycles. The molecule has 2 atom stereocenters. The SMILES string of the molecule is CCCNC(c1cccc(F)c1F)C(C)CC. The number of rotatable bonds is 6. The van der Waals surface area contributed by atoms with Gasteiger partial charge in [-0.2, -0.15) is 0 Å². The molecule has 1 nitrogen and oxygen atoms in total. The molecular weight excluding hydrogens is 220 g/mol. The minimum Gasteiger partial charge on any atom is -0.310 e. The first-order valence-electron chi connectivity index (χ1n) is 6.29. The zero-order valence-corrected chi connectivity index (χ0v) is 10.8. The van der Waals surface area contributed by atoms with Gasteiger partial charge in [0.05, 0.1) is 0 Å². The van der Waals surface area contributed by atoms with Crippen molar-refractivity contribution in [3.63, 3.8) is 0 Å². The van der Waals surface area contributed by atoms with Crippen molar-refractivity contribution in [2.75, 3.05) is 6.54 Å². The highest BCUT2D eigenvalue weighted by atomic mass is 19.2. The smallest absolute Gasteiger partial charge is 0.163 e. The highest BCUT2D eigenvalue weighted by Gasteiger charge is 2.21. The van der Waals surface area contributed by atoms with Crippen LogP contribution in [0.2, 0.25) is 0 Å². The fraction of sp³-hybridized carbons (Fsp3) is 0.571. The molecule has 0 aliphatic heterocycles. The van der Waals surface area contributed by atoms with Crippen LogP contribution in [0.4, 0.5) is 8.78 Å². The van der Waals surface area contributed by atoms with Crippen LogP contribution in [0.25, 0.3) is 0 Å². The summed E-state index contributed by atoms with van der Waals surface area (Å²) in [4.78, 5) is 0. The summed E-state index contributed by atoms with van der Waals surface area (Å²) in [7, 11) is 0. The first-order valence-corrected chi connectivity index (χ1v) is 6.29. The average molecular weight is 241 g/mol. The van der Waals surface area contributed by atoms with E-state index < -0.39 is 11.6 Å². The molecule has 17 heavy (non-hydrogen) atoms. The van der Waals surface area contributed by atoms with Gasteiger partial charge in [-0.3, -0.25) is 0 Å². The van der Waals surface area contributed by atoms with Gasteiger partial charge >= 0.3 is 0 Å². The summed E-state index contributed by atoms with van der Waals surface area (Å²) in [5, 5.41) is 3.30. The Labute approximate surface area is 102 Å². The summed E-state index contributed by atoms with van der Waals surface area (Å²) in [5.41, 5.74) is 0.438. The standard InChI is InChI=1S/C14H21F2N/c1-4-9-17-14(10(3)5-2)11-7-6-8-12(15)13(11)16/h6-8,10,14,17H,4-5,9H2,1-3H3. The second-order valence-corrected chi connectivity index (χ2v) is 4.46. The molecule has 0 saturated heterocycles. The molecule has 0 spiro atoms. The first-order chi connectivity index (χ1) is 8.11. The lowest BCUT2D eigenvalue weighted by molar-refractivity contribution is 0.359. The number of hydrogen-bond acceptors (Lipinski definition) is 1. The molecular formula is C14H21F2N. The van der Waals surface area contributed by atoms with Crippen molar-refractivity contribution in [3.05, 3.63) is 35.4 Å². The Morgan fingerprint density at radius 1 is 1.24 bits per heavy atom. The lowest BCUT2D eigenvalue weighted by Gasteiger charge is -2.25. The molecule has 1 rings (SSSR count). The number of nitrogens with one attached hydrogen (secondary N) is 1. The van der Waals surface area contributed by atoms with Gasteiger partial charge in [0.15, 0.2) is 11.6 Å². The van der Waals surface area contributed by atoms with Crippen LogP contribution < -0.4 is 5.32 Å². The molecule has 1 aromatic carbocycles. The third-order valence-corrected chi connectivity index (χ3v) is 3.14. The quantitative estimate of drug-likeness (QED) is 0.792. The average Bonchev–Trinajstić information content (AvgIpc) is 2.34. The maximum Gasteiger partial charge on any atom is 0.163 e. The van der Waals surface area contributed by atoms with E-state index in [4.69, 9.17) is 0 Å². The number of benzene rings is 1. The van der Waals surface area contributed by atoms with Crippen LogP contribution in [0.3, 0.4) is 0 Å². The van der Waals surface area contributed by atoms with Crippen molar-refractivity contribution < 1.29 is 8.78 Å². The van der Waals surface area contributed by atoms with Crippen LogP contribution in [0.5, 0.6) is 0 Å². The molecule has 1 aromatic rings. The second-order valence-electron chi connectivity index (χ2n) is 4.46. The lowest BCUT2D eigenvalue weighted by atomic mass is 9.92. The van der Waals surface area contributed by atoms with E-state index in [-0.39, 0.29) is 12.0 Å². The zero-order chi connectivity index (χ0) is 12.8. The highest BCUT2D eigenvalue weighted by Crippen LogP contribution is 2.27. The molecule has 0 radical (unpaired) electrons. The molecule has 96 valence electrons. The zero-order valence-electron chi connectivity index (χ0n) is 10.8. The predicted molar refractivity (Wildman–Crippen MR) is 66.8 cm³/mol. The van der Waals surface area contributed by atoms with Gasteiger partial charge in [-0.1, -0.05) is 39.3 Å². The normalized spacial score (nSPS) is 14.6. The topological polar surface area (TPSA) is 12.0 Å². The van der Waals surface area contributed by atoms with E-state index >= 15 is 0 Å². The summed E-state index contributed by atoms with van der Waals surface area (Å²) in [5.74, 6) is -1.21. The minimum absolute atomic E-state index is 0.115. The Hall–Kier alpha value is -0.960. The van der Waals surface area contributed by atoms with E-state index in [1.807, 2.05) is 0 Å². The van der Waals surface area contributed by atoms with Crippen LogP contribution in [-0.4, -0.2) is 6.54 Å². The third kappa shape index (κ3) is 3.50. The molecule has 0 aliphatic rings. The molecule has 0 fully saturated rings. The van der Waals surface area contributed by atoms with Crippen molar-refractivity contribution in [1.82, 2.24) is 5.32 Å². The van der Waals surface area contributed by atoms with Crippen LogP contribution in [0.1, 0.15) is 45.2 Å². The van der Waals surface area contributed by atoms with Crippen LogP contribution in [0.15, 0.2) is 18.2 Å². The Kier molecular flexibility index (Phi) is 5.56. The molecule has 1 N–H and O–H groups in total. The van der Waals surface area contributed by atoms with Gasteiger partial charge in [0, 0.05) is 11.6 Å². The van der Waals surface area contributed by atoms with Gasteiger partial charge in [-0.05, 0) is 24.9 Å². The van der Waals surface area contributed by atoms with Crippen LogP contribution >= 0.6 is 0 Å². The molecule has 2 unspecified atom stereocenters. The van der Waals surface area contributed by atoms with Crippen LogP contribution in [0, 0.1) is 17.6 Å². The first kappa shape index (κ1) is 14.1. The monoisotopic (exact) mass is 241 g/mol. The molecule has 3 heteroatoms. The third-order valence-electron chi connectivity index (χ3n) is 3.14. The van der Waals surface area contributed by atoms with Gasteiger partial charge in [-0.15, -0.1) is 0 Å². The van der Waals surface area contributed by atoms with Crippen LogP contribution in [-0.2, 0) is 0 Å². The Morgan fingerprint density at radius 2 is 1.94 bits per heavy atom. The van der Waals surface area contributed by atoms with Gasteiger partial charge in [-0.25, -0.2) is 8.78 Å². The Balaban J connectivity index is 2.99. The highest BCUT2D eigenvalue weighted by molar-refractivity contribution is 5.23. The molecule has 0 heterocycles. The van der Waals surface area contributed by atoms with Gasteiger partial charge < -0.3 is 5.32 Å². The molecule has 0 bridgehead atoms. The van der Waals surface area contributed by atoms with Crippen molar-refractivity contribution in [3.8, 4) is 0 Å². The van der Waals surface area contributed by atoms with Gasteiger partial charge in [0.25, 0.3) is 0 Å². The van der Waals surface area contributed by atoms with E-state index in [0.717, 1.165) is 25.5 Å². The lowest BCUT2D eigenvalue weighted by Crippen LogP contribution is -2.28. The summed E-state index contributed by atoms with van der Waals surface area (Å²) in [6.45, 7) is 6.98. The number of hydrogen-bond donors (Lipinski definition) is 1. The van der Waals surface area contributed by atoms with Gasteiger partial charge in [0.2, 0.25) is 0 Å². The van der Waals surface area contributed by atoms with E-state index in [0.29, 0.717) is 5.56 Å². The van der Waals surface area contributed by atoms with Gasteiger partial charge in [0.1, 0.15) is 0 Å². The fourth-order valence-corrected chi connectivity index (χ4v) is 1.91. The van der Waals surface area contributed by atoms with E-state index in [1.54, 1.807) is 12.1 Å². The summed E-state index contributed by atoms with van der Waals surface area (Å²) < 4.78 is 27.0. The Morgan fingerprint density at radius 3 is 2.53 bits per heavy atom. The van der Waals surface area contributed by atoms with E-state index in [9.17, 15) is 8.78 Å². The van der Waals surface area contributed by atoms with Crippen molar-refractivity contribution >= 4 is 0 Å².